The predicted octanol–water partition coefficient (Wildman–Crippen LogP) is 2.61. The lowest BCUT2D eigenvalue weighted by Crippen LogP contribution is -2.52. The second-order valence-electron chi connectivity index (χ2n) is 8.89. The number of imide groups is 1. The lowest BCUT2D eigenvalue weighted by molar-refractivity contribution is -0.136. The third kappa shape index (κ3) is 6.46. The Morgan fingerprint density at radius 3 is 2.61 bits per heavy atom. The highest BCUT2D eigenvalue weighted by Crippen LogP contribution is 2.32. The van der Waals surface area contributed by atoms with Crippen LogP contribution in [0, 0.1) is 0 Å². The second kappa shape index (κ2) is 12.3. The Kier molecular flexibility index (Phi) is 9.52. The maximum Gasteiger partial charge on any atom is 0.255 e. The molecule has 1 aromatic rings. The fraction of sp³-hybridized carbons (Fsp3) is 0.625. The van der Waals surface area contributed by atoms with E-state index in [1.807, 2.05) is 18.2 Å². The first-order chi connectivity index (χ1) is 15.6. The van der Waals surface area contributed by atoms with E-state index in [0.29, 0.717) is 24.6 Å². The number of benzene rings is 1. The summed E-state index contributed by atoms with van der Waals surface area (Å²) in [5.74, 6) is -0.774. The lowest BCUT2D eigenvalue weighted by atomic mass is 10.0. The Hall–Kier alpha value is -2.16. The van der Waals surface area contributed by atoms with E-state index in [4.69, 9.17) is 4.74 Å². The van der Waals surface area contributed by atoms with Gasteiger partial charge in [-0.2, -0.15) is 0 Å². The topological polar surface area (TPSA) is 99.8 Å². The maximum atomic E-state index is 12.9. The van der Waals surface area contributed by atoms with Crippen molar-refractivity contribution in [3.63, 3.8) is 0 Å². The van der Waals surface area contributed by atoms with Crippen LogP contribution < -0.4 is 16.0 Å². The molecule has 3 aliphatic rings. The largest absolute Gasteiger partial charge is 0.385 e. The van der Waals surface area contributed by atoms with E-state index in [1.54, 1.807) is 4.90 Å². The van der Waals surface area contributed by atoms with Crippen molar-refractivity contribution >= 4 is 35.8 Å². The average molecular weight is 479 g/mol. The Morgan fingerprint density at radius 2 is 1.82 bits per heavy atom. The number of halogens is 1. The van der Waals surface area contributed by atoms with Crippen LogP contribution >= 0.6 is 12.4 Å². The molecule has 1 atom stereocenters. The molecule has 0 aromatic heterocycles. The SMILES string of the molecule is Cl.O=C1CCC(N2Cc3c(NCCCCCCOC4CCNCC4)cccc3C2=O)C(=O)N1. The number of piperidine rings is 2. The van der Waals surface area contributed by atoms with E-state index >= 15 is 0 Å². The van der Waals surface area contributed by atoms with Crippen molar-refractivity contribution in [3.05, 3.63) is 29.3 Å². The van der Waals surface area contributed by atoms with Crippen LogP contribution in [0.5, 0.6) is 0 Å². The van der Waals surface area contributed by atoms with Crippen LogP contribution in [-0.2, 0) is 20.9 Å². The number of hydrogen-bond acceptors (Lipinski definition) is 6. The first-order valence-electron chi connectivity index (χ1n) is 12.0. The number of hydrogen-bond donors (Lipinski definition) is 3. The summed E-state index contributed by atoms with van der Waals surface area (Å²) >= 11 is 0. The van der Waals surface area contributed by atoms with Gasteiger partial charge in [-0.05, 0) is 57.3 Å². The fourth-order valence-electron chi connectivity index (χ4n) is 4.77. The minimum atomic E-state index is -0.576. The molecule has 182 valence electrons. The summed E-state index contributed by atoms with van der Waals surface area (Å²) in [7, 11) is 0. The molecule has 3 heterocycles. The number of carbonyl (C=O) groups excluding carboxylic acids is 3. The number of unbranched alkanes of at least 4 members (excludes halogenated alkanes) is 3. The lowest BCUT2D eigenvalue weighted by Gasteiger charge is -2.29. The predicted molar refractivity (Wildman–Crippen MR) is 129 cm³/mol. The molecule has 3 N–H and O–H groups in total. The van der Waals surface area contributed by atoms with Crippen molar-refractivity contribution in [2.75, 3.05) is 31.6 Å². The molecule has 9 heteroatoms. The molecule has 3 amide bonds. The Balaban J connectivity index is 0.00000306. The van der Waals surface area contributed by atoms with Crippen molar-refractivity contribution in [1.29, 1.82) is 0 Å². The quantitative estimate of drug-likeness (QED) is 0.353. The highest BCUT2D eigenvalue weighted by molar-refractivity contribution is 6.06. The van der Waals surface area contributed by atoms with Crippen LogP contribution in [0.2, 0.25) is 0 Å². The molecule has 4 rings (SSSR count). The Bertz CT molecular complexity index is 844. The molecule has 1 unspecified atom stereocenters. The second-order valence-corrected chi connectivity index (χ2v) is 8.89. The van der Waals surface area contributed by atoms with Crippen molar-refractivity contribution < 1.29 is 19.1 Å². The first kappa shape index (κ1) is 25.5. The van der Waals surface area contributed by atoms with Crippen LogP contribution in [0.15, 0.2) is 18.2 Å². The summed E-state index contributed by atoms with van der Waals surface area (Å²) in [4.78, 5) is 38.1. The number of fused-ring (bicyclic) bond motifs is 1. The summed E-state index contributed by atoms with van der Waals surface area (Å²) in [5, 5.41) is 9.18. The molecule has 0 bridgehead atoms. The standard InChI is InChI=1S/C24H34N4O4.ClH/c29-22-9-8-21(23(30)27-22)28-16-19-18(24(28)31)6-5-7-20(19)26-12-3-1-2-4-15-32-17-10-13-25-14-11-17;/h5-7,17,21,25-26H,1-4,8-16H2,(H,27,29,30);1H. The van der Waals surface area contributed by atoms with Gasteiger partial charge < -0.3 is 20.3 Å². The molecule has 0 spiro atoms. The number of carbonyl (C=O) groups is 3. The van der Waals surface area contributed by atoms with Gasteiger partial charge in [0.1, 0.15) is 6.04 Å². The van der Waals surface area contributed by atoms with Gasteiger partial charge in [0.2, 0.25) is 11.8 Å². The zero-order valence-corrected chi connectivity index (χ0v) is 19.9. The molecular formula is C24H35ClN4O4. The first-order valence-corrected chi connectivity index (χ1v) is 12.0. The highest BCUT2D eigenvalue weighted by Gasteiger charge is 2.39. The van der Waals surface area contributed by atoms with E-state index < -0.39 is 6.04 Å². The molecule has 0 aliphatic carbocycles. The monoisotopic (exact) mass is 478 g/mol. The minimum absolute atomic E-state index is 0. The molecule has 1 aromatic carbocycles. The summed E-state index contributed by atoms with van der Waals surface area (Å²) < 4.78 is 5.95. The Labute approximate surface area is 201 Å². The van der Waals surface area contributed by atoms with Crippen LogP contribution in [-0.4, -0.2) is 61.0 Å². The van der Waals surface area contributed by atoms with Gasteiger partial charge in [-0.1, -0.05) is 18.9 Å². The third-order valence-corrected chi connectivity index (χ3v) is 6.61. The fourth-order valence-corrected chi connectivity index (χ4v) is 4.77. The summed E-state index contributed by atoms with van der Waals surface area (Å²) in [6.45, 7) is 4.23. The number of nitrogens with zero attached hydrogens (tertiary/aromatic N) is 1. The van der Waals surface area contributed by atoms with Gasteiger partial charge in [-0.3, -0.25) is 19.7 Å². The van der Waals surface area contributed by atoms with Crippen molar-refractivity contribution in [2.45, 2.75) is 70.1 Å². The van der Waals surface area contributed by atoms with Crippen molar-refractivity contribution in [3.8, 4) is 0 Å². The molecule has 2 fully saturated rings. The van der Waals surface area contributed by atoms with E-state index in [2.05, 4.69) is 16.0 Å². The van der Waals surface area contributed by atoms with Crippen LogP contribution in [0.4, 0.5) is 5.69 Å². The van der Waals surface area contributed by atoms with E-state index in [9.17, 15) is 14.4 Å². The zero-order chi connectivity index (χ0) is 22.3. The molecule has 2 saturated heterocycles. The number of ether oxygens (including phenoxy) is 1. The van der Waals surface area contributed by atoms with Gasteiger partial charge in [0.15, 0.2) is 0 Å². The summed E-state index contributed by atoms with van der Waals surface area (Å²) in [5.41, 5.74) is 2.55. The number of nitrogens with one attached hydrogen (secondary N) is 3. The van der Waals surface area contributed by atoms with Crippen molar-refractivity contribution in [1.82, 2.24) is 15.5 Å². The van der Waals surface area contributed by atoms with Crippen LogP contribution in [0.3, 0.4) is 0 Å². The molecule has 33 heavy (non-hydrogen) atoms. The van der Waals surface area contributed by atoms with Gasteiger partial charge in [0.25, 0.3) is 5.91 Å². The molecule has 0 radical (unpaired) electrons. The van der Waals surface area contributed by atoms with Gasteiger partial charge in [0.05, 0.1) is 6.10 Å². The van der Waals surface area contributed by atoms with E-state index in [1.165, 1.54) is 0 Å². The van der Waals surface area contributed by atoms with Gasteiger partial charge in [0, 0.05) is 42.9 Å². The average Bonchev–Trinajstić information content (AvgIpc) is 3.13. The van der Waals surface area contributed by atoms with Gasteiger partial charge >= 0.3 is 0 Å². The molecule has 0 saturated carbocycles. The number of rotatable bonds is 10. The Morgan fingerprint density at radius 1 is 1.03 bits per heavy atom. The van der Waals surface area contributed by atoms with Crippen LogP contribution in [0.1, 0.15) is 67.3 Å². The van der Waals surface area contributed by atoms with E-state index in [-0.39, 0.29) is 36.5 Å². The molecule has 8 nitrogen and oxygen atoms in total. The maximum absolute atomic E-state index is 12.9. The molecule has 3 aliphatic heterocycles. The van der Waals surface area contributed by atoms with Crippen molar-refractivity contribution in [2.24, 2.45) is 0 Å². The van der Waals surface area contributed by atoms with Gasteiger partial charge in [-0.25, -0.2) is 0 Å². The minimum Gasteiger partial charge on any atom is -0.385 e. The summed E-state index contributed by atoms with van der Waals surface area (Å²) in [6.07, 6.45) is 7.77. The van der Waals surface area contributed by atoms with Gasteiger partial charge in [-0.15, -0.1) is 12.4 Å². The third-order valence-electron chi connectivity index (χ3n) is 6.61. The molecular weight excluding hydrogens is 444 g/mol. The number of amides is 3. The zero-order valence-electron chi connectivity index (χ0n) is 19.1. The highest BCUT2D eigenvalue weighted by atomic mass is 35.5. The smallest absolute Gasteiger partial charge is 0.255 e. The van der Waals surface area contributed by atoms with E-state index in [0.717, 1.165) is 76.0 Å². The number of anilines is 1. The normalized spacial score (nSPS) is 20.9. The van der Waals surface area contributed by atoms with Crippen LogP contribution in [0.25, 0.3) is 0 Å². The summed E-state index contributed by atoms with van der Waals surface area (Å²) in [6, 6.07) is 5.11.